The van der Waals surface area contributed by atoms with E-state index in [9.17, 15) is 0 Å². The second-order valence-corrected chi connectivity index (χ2v) is 1.92. The fourth-order valence-corrected chi connectivity index (χ4v) is 0.880. The minimum absolute atomic E-state index is 1.03. The molecule has 0 aliphatic heterocycles. The zero-order valence-electron chi connectivity index (χ0n) is 6.21. The van der Waals surface area contributed by atoms with Crippen molar-refractivity contribution in [1.82, 2.24) is 9.97 Å². The molecule has 0 amide bonds. The number of para-hydroxylation sites is 2. The van der Waals surface area contributed by atoms with Crippen molar-refractivity contribution in [2.24, 2.45) is 0 Å². The van der Waals surface area contributed by atoms with Gasteiger partial charge in [-0.05, 0) is 12.1 Å². The number of aromatic nitrogens is 2. The van der Waals surface area contributed by atoms with E-state index in [1.165, 1.54) is 6.38 Å². The molecular formula is C8H9ClN2. The van der Waals surface area contributed by atoms with Gasteiger partial charge in [-0.15, -0.1) is 11.6 Å². The van der Waals surface area contributed by atoms with E-state index in [2.05, 4.69) is 21.6 Å². The molecule has 58 valence electrons. The molecule has 2 rings (SSSR count). The second kappa shape index (κ2) is 3.98. The van der Waals surface area contributed by atoms with Crippen LogP contribution in [0.25, 0.3) is 11.0 Å². The SMILES string of the molecule is CCl.c1ccc2[nH]cnc2c1. The molecule has 0 aliphatic carbocycles. The van der Waals surface area contributed by atoms with E-state index in [0.29, 0.717) is 0 Å². The standard InChI is InChI=1S/C7H6N2.CH3Cl/c1-2-4-7-6(3-1)8-5-9-7;1-2/h1-5H,(H,8,9);1H3. The minimum Gasteiger partial charge on any atom is -0.345 e. The quantitative estimate of drug-likeness (QED) is 0.602. The number of H-pyrrole nitrogens is 1. The van der Waals surface area contributed by atoms with Crippen molar-refractivity contribution in [3.63, 3.8) is 0 Å². The van der Waals surface area contributed by atoms with E-state index in [4.69, 9.17) is 0 Å². The lowest BCUT2D eigenvalue weighted by molar-refractivity contribution is 1.34. The minimum atomic E-state index is 1.03. The van der Waals surface area contributed by atoms with Gasteiger partial charge in [-0.1, -0.05) is 12.1 Å². The van der Waals surface area contributed by atoms with Crippen molar-refractivity contribution in [2.45, 2.75) is 0 Å². The summed E-state index contributed by atoms with van der Waals surface area (Å²) in [4.78, 5) is 7.07. The van der Waals surface area contributed by atoms with Crippen LogP contribution >= 0.6 is 11.6 Å². The molecule has 0 unspecified atom stereocenters. The molecule has 0 bridgehead atoms. The topological polar surface area (TPSA) is 28.7 Å². The molecule has 1 heterocycles. The smallest absolute Gasteiger partial charge is 0.0931 e. The van der Waals surface area contributed by atoms with E-state index in [0.717, 1.165) is 11.0 Å². The number of nitrogens with one attached hydrogen (secondary N) is 1. The summed E-state index contributed by atoms with van der Waals surface area (Å²) in [6.07, 6.45) is 3.17. The van der Waals surface area contributed by atoms with Crippen molar-refractivity contribution < 1.29 is 0 Å². The third-order valence-corrected chi connectivity index (χ3v) is 1.33. The van der Waals surface area contributed by atoms with Crippen LogP contribution in [0.2, 0.25) is 0 Å². The van der Waals surface area contributed by atoms with Crippen LogP contribution < -0.4 is 0 Å². The Kier molecular flexibility index (Phi) is 2.93. The number of aromatic amines is 1. The largest absolute Gasteiger partial charge is 0.345 e. The number of fused-ring (bicyclic) bond motifs is 1. The number of benzene rings is 1. The summed E-state index contributed by atoms with van der Waals surface area (Å²) in [6, 6.07) is 7.94. The molecule has 0 atom stereocenters. The highest BCUT2D eigenvalue weighted by Gasteiger charge is 1.88. The van der Waals surface area contributed by atoms with Crippen molar-refractivity contribution in [1.29, 1.82) is 0 Å². The number of hydrogen-bond acceptors (Lipinski definition) is 1. The van der Waals surface area contributed by atoms with Gasteiger partial charge in [0.1, 0.15) is 0 Å². The Balaban J connectivity index is 0.000000281. The number of alkyl halides is 1. The molecule has 1 aromatic carbocycles. The van der Waals surface area contributed by atoms with E-state index >= 15 is 0 Å². The summed E-state index contributed by atoms with van der Waals surface area (Å²) in [7, 11) is 0. The average molecular weight is 169 g/mol. The second-order valence-electron chi connectivity index (χ2n) is 1.92. The maximum atomic E-state index is 4.64. The van der Waals surface area contributed by atoms with Crippen molar-refractivity contribution in [3.8, 4) is 0 Å². The Labute approximate surface area is 70.2 Å². The molecule has 2 nitrogen and oxygen atoms in total. The van der Waals surface area contributed by atoms with Gasteiger partial charge in [0, 0.05) is 6.38 Å². The van der Waals surface area contributed by atoms with Gasteiger partial charge in [0.2, 0.25) is 0 Å². The van der Waals surface area contributed by atoms with E-state index in [1.54, 1.807) is 6.33 Å². The first-order valence-corrected chi connectivity index (χ1v) is 3.98. The van der Waals surface area contributed by atoms with Gasteiger partial charge < -0.3 is 4.98 Å². The monoisotopic (exact) mass is 168 g/mol. The fraction of sp³-hybridized carbons (Fsp3) is 0.125. The summed E-state index contributed by atoms with van der Waals surface area (Å²) in [5.74, 6) is 0. The van der Waals surface area contributed by atoms with Crippen LogP contribution in [0.4, 0.5) is 0 Å². The highest BCUT2D eigenvalue weighted by atomic mass is 35.5. The fourth-order valence-electron chi connectivity index (χ4n) is 0.880. The first-order valence-electron chi connectivity index (χ1n) is 3.23. The highest BCUT2D eigenvalue weighted by Crippen LogP contribution is 2.05. The van der Waals surface area contributed by atoms with Gasteiger partial charge in [-0.2, -0.15) is 0 Å². The molecule has 1 N–H and O–H groups in total. The Hall–Kier alpha value is -1.02. The number of imidazole rings is 1. The summed E-state index contributed by atoms with van der Waals surface area (Å²) < 4.78 is 0. The molecule has 11 heavy (non-hydrogen) atoms. The van der Waals surface area contributed by atoms with Gasteiger partial charge in [0.05, 0.1) is 17.4 Å². The summed E-state index contributed by atoms with van der Waals surface area (Å²) in [5, 5.41) is 0. The molecule has 3 heteroatoms. The Bertz CT molecular complexity index is 286. The van der Waals surface area contributed by atoms with Crippen molar-refractivity contribution >= 4 is 22.6 Å². The Morgan fingerprint density at radius 3 is 2.73 bits per heavy atom. The molecule has 0 radical (unpaired) electrons. The van der Waals surface area contributed by atoms with Gasteiger partial charge in [0.25, 0.3) is 0 Å². The maximum absolute atomic E-state index is 4.64. The molecule has 1 aromatic heterocycles. The van der Waals surface area contributed by atoms with E-state index in [-0.39, 0.29) is 0 Å². The lowest BCUT2D eigenvalue weighted by Crippen LogP contribution is -1.63. The van der Waals surface area contributed by atoms with Gasteiger partial charge in [0.15, 0.2) is 0 Å². The molecule has 0 fully saturated rings. The van der Waals surface area contributed by atoms with Crippen molar-refractivity contribution in [3.05, 3.63) is 30.6 Å². The van der Waals surface area contributed by atoms with Gasteiger partial charge >= 0.3 is 0 Å². The summed E-state index contributed by atoms with van der Waals surface area (Å²) in [5.41, 5.74) is 2.12. The zero-order chi connectivity index (χ0) is 8.10. The number of hydrogen-bond donors (Lipinski definition) is 1. The first-order chi connectivity index (χ1) is 5.47. The van der Waals surface area contributed by atoms with Crippen LogP contribution in [0.1, 0.15) is 0 Å². The van der Waals surface area contributed by atoms with Crippen LogP contribution in [0.5, 0.6) is 0 Å². The number of nitrogens with zero attached hydrogens (tertiary/aromatic N) is 1. The van der Waals surface area contributed by atoms with Crippen molar-refractivity contribution in [2.75, 3.05) is 6.38 Å². The predicted octanol–water partition coefficient (Wildman–Crippen LogP) is 2.42. The Morgan fingerprint density at radius 2 is 2.00 bits per heavy atom. The van der Waals surface area contributed by atoms with E-state index in [1.807, 2.05) is 24.3 Å². The van der Waals surface area contributed by atoms with E-state index < -0.39 is 0 Å². The molecule has 2 aromatic rings. The highest BCUT2D eigenvalue weighted by molar-refractivity contribution is 6.15. The molecule has 0 spiro atoms. The molecule has 0 saturated carbocycles. The maximum Gasteiger partial charge on any atom is 0.0931 e. The molecule has 0 aliphatic rings. The molecule has 0 saturated heterocycles. The average Bonchev–Trinajstić information content (AvgIpc) is 2.55. The third kappa shape index (κ3) is 1.71. The summed E-state index contributed by atoms with van der Waals surface area (Å²) in [6.45, 7) is 0. The normalized spacial score (nSPS) is 8.91. The lowest BCUT2D eigenvalue weighted by Gasteiger charge is -1.81. The summed E-state index contributed by atoms with van der Waals surface area (Å²) >= 11 is 4.64. The number of rotatable bonds is 0. The van der Waals surface area contributed by atoms with Gasteiger partial charge in [-0.25, -0.2) is 4.98 Å². The van der Waals surface area contributed by atoms with Crippen LogP contribution in [-0.4, -0.2) is 16.4 Å². The third-order valence-electron chi connectivity index (χ3n) is 1.33. The lowest BCUT2D eigenvalue weighted by atomic mass is 10.3. The molecular weight excluding hydrogens is 160 g/mol. The van der Waals surface area contributed by atoms with Crippen LogP contribution in [-0.2, 0) is 0 Å². The predicted molar refractivity (Wildman–Crippen MR) is 47.9 cm³/mol. The Morgan fingerprint density at radius 1 is 1.27 bits per heavy atom. The zero-order valence-corrected chi connectivity index (χ0v) is 6.97. The number of halogens is 1. The van der Waals surface area contributed by atoms with Crippen LogP contribution in [0.3, 0.4) is 0 Å². The van der Waals surface area contributed by atoms with Gasteiger partial charge in [-0.3, -0.25) is 0 Å². The van der Waals surface area contributed by atoms with Crippen LogP contribution in [0, 0.1) is 0 Å². The first kappa shape index (κ1) is 8.08. The van der Waals surface area contributed by atoms with Crippen LogP contribution in [0.15, 0.2) is 30.6 Å².